The Labute approximate surface area is 133 Å². The van der Waals surface area contributed by atoms with E-state index in [2.05, 4.69) is 15.9 Å². The molecule has 0 radical (unpaired) electrons. The number of hydrogen-bond acceptors (Lipinski definition) is 5. The fourth-order valence-electron chi connectivity index (χ4n) is 1.50. The fourth-order valence-corrected chi connectivity index (χ4v) is 2.18. The summed E-state index contributed by atoms with van der Waals surface area (Å²) in [7, 11) is 0. The predicted molar refractivity (Wildman–Crippen MR) is 78.5 cm³/mol. The third kappa shape index (κ3) is 4.12. The van der Waals surface area contributed by atoms with E-state index in [9.17, 15) is 19.3 Å². The number of carbonyl (C=O) groups is 1. The number of benzene rings is 1. The van der Waals surface area contributed by atoms with Crippen molar-refractivity contribution < 1.29 is 18.8 Å². The summed E-state index contributed by atoms with van der Waals surface area (Å²) in [6.45, 7) is 4.83. The van der Waals surface area contributed by atoms with Crippen molar-refractivity contribution in [3.63, 3.8) is 0 Å². The van der Waals surface area contributed by atoms with Gasteiger partial charge in [-0.1, -0.05) is 11.6 Å². The minimum atomic E-state index is -1.58. The minimum Gasteiger partial charge on any atom is -0.459 e. The van der Waals surface area contributed by atoms with Gasteiger partial charge in [0.2, 0.25) is 5.82 Å². The van der Waals surface area contributed by atoms with Crippen LogP contribution in [-0.4, -0.2) is 16.5 Å². The highest BCUT2D eigenvalue weighted by Gasteiger charge is 2.32. The fraction of sp³-hybridized carbons (Fsp3) is 0.417. The molecular formula is C12H13BrClFN2O4. The van der Waals surface area contributed by atoms with E-state index >= 15 is 0 Å². The Morgan fingerprint density at radius 3 is 2.52 bits per heavy atom. The second kappa shape index (κ2) is 6.25. The van der Waals surface area contributed by atoms with E-state index in [-0.39, 0.29) is 9.50 Å². The summed E-state index contributed by atoms with van der Waals surface area (Å²) in [6.07, 6.45) is 0. The first kappa shape index (κ1) is 17.8. The van der Waals surface area contributed by atoms with Crippen LogP contribution in [0.25, 0.3) is 0 Å². The van der Waals surface area contributed by atoms with E-state index in [1.54, 1.807) is 20.8 Å². The molecule has 0 bridgehead atoms. The maximum atomic E-state index is 14.2. The summed E-state index contributed by atoms with van der Waals surface area (Å²) in [4.78, 5) is 21.8. The standard InChI is InChI=1S/C12H13BrClFN2O4/c1-12(2,3)21-11(18)10(16)7-8(14)5(13)4-6(9(7)15)17(19)20/h4,10H,16H2,1-3H3. The quantitative estimate of drug-likeness (QED) is 0.373. The lowest BCUT2D eigenvalue weighted by molar-refractivity contribution is -0.387. The Morgan fingerprint density at radius 2 is 2.10 bits per heavy atom. The van der Waals surface area contributed by atoms with Gasteiger partial charge in [-0.05, 0) is 36.7 Å². The van der Waals surface area contributed by atoms with E-state index in [4.69, 9.17) is 22.1 Å². The summed E-state index contributed by atoms with van der Waals surface area (Å²) >= 11 is 8.86. The van der Waals surface area contributed by atoms with Gasteiger partial charge in [0.15, 0.2) is 0 Å². The molecule has 1 aromatic rings. The molecule has 0 heterocycles. The number of esters is 1. The first-order valence-corrected chi connectivity index (χ1v) is 6.93. The van der Waals surface area contributed by atoms with Crippen molar-refractivity contribution in [3.8, 4) is 0 Å². The lowest BCUT2D eigenvalue weighted by atomic mass is 10.1. The average molecular weight is 384 g/mol. The second-order valence-electron chi connectivity index (χ2n) is 5.19. The molecule has 0 aliphatic heterocycles. The molecule has 116 valence electrons. The Balaban J connectivity index is 3.35. The molecular weight excluding hydrogens is 370 g/mol. The summed E-state index contributed by atoms with van der Waals surface area (Å²) in [5, 5.41) is 10.6. The van der Waals surface area contributed by atoms with Crippen molar-refractivity contribution in [1.82, 2.24) is 0 Å². The third-order valence-corrected chi connectivity index (χ3v) is 3.60. The number of ether oxygens (including phenoxy) is 1. The Bertz CT molecular complexity index is 604. The van der Waals surface area contributed by atoms with E-state index in [1.807, 2.05) is 0 Å². The van der Waals surface area contributed by atoms with Gasteiger partial charge in [-0.25, -0.2) is 4.79 Å². The normalized spacial score (nSPS) is 12.9. The maximum Gasteiger partial charge on any atom is 0.328 e. The molecule has 0 spiro atoms. The average Bonchev–Trinajstić information content (AvgIpc) is 2.31. The molecule has 0 amide bonds. The number of nitrogens with zero attached hydrogens (tertiary/aromatic N) is 1. The Hall–Kier alpha value is -1.25. The number of nitro groups is 1. The molecule has 9 heteroatoms. The van der Waals surface area contributed by atoms with Gasteiger partial charge in [0.1, 0.15) is 11.6 Å². The zero-order chi connectivity index (χ0) is 16.5. The van der Waals surface area contributed by atoms with E-state index in [0.717, 1.165) is 6.07 Å². The minimum absolute atomic E-state index is 0.0614. The molecule has 21 heavy (non-hydrogen) atoms. The molecule has 1 unspecified atom stereocenters. The lowest BCUT2D eigenvalue weighted by Gasteiger charge is -2.23. The van der Waals surface area contributed by atoms with Crippen molar-refractivity contribution in [3.05, 3.63) is 37.1 Å². The van der Waals surface area contributed by atoms with Crippen LogP contribution in [0.15, 0.2) is 10.5 Å². The number of rotatable bonds is 3. The van der Waals surface area contributed by atoms with Crippen molar-refractivity contribution in [2.75, 3.05) is 0 Å². The van der Waals surface area contributed by atoms with Gasteiger partial charge in [0, 0.05) is 16.1 Å². The lowest BCUT2D eigenvalue weighted by Crippen LogP contribution is -2.32. The molecule has 0 aromatic heterocycles. The van der Waals surface area contributed by atoms with Gasteiger partial charge in [-0.15, -0.1) is 0 Å². The van der Waals surface area contributed by atoms with Gasteiger partial charge in [0.25, 0.3) is 0 Å². The van der Waals surface area contributed by atoms with Crippen molar-refractivity contribution in [2.24, 2.45) is 5.73 Å². The summed E-state index contributed by atoms with van der Waals surface area (Å²) < 4.78 is 19.3. The van der Waals surface area contributed by atoms with Crippen LogP contribution in [0.1, 0.15) is 32.4 Å². The number of nitrogens with two attached hydrogens (primary N) is 1. The molecule has 6 nitrogen and oxygen atoms in total. The first-order chi connectivity index (χ1) is 9.45. The molecule has 2 N–H and O–H groups in total. The van der Waals surface area contributed by atoms with Crippen LogP contribution in [0, 0.1) is 15.9 Å². The number of carbonyl (C=O) groups excluding carboxylic acids is 1. The highest BCUT2D eigenvalue weighted by molar-refractivity contribution is 9.10. The van der Waals surface area contributed by atoms with Crippen LogP contribution in [0.4, 0.5) is 10.1 Å². The van der Waals surface area contributed by atoms with Crippen LogP contribution in [0.2, 0.25) is 5.02 Å². The van der Waals surface area contributed by atoms with Crippen LogP contribution in [-0.2, 0) is 9.53 Å². The SMILES string of the molecule is CC(C)(C)OC(=O)C(N)c1c(F)c([N+](=O)[O-])cc(Br)c1Cl. The largest absolute Gasteiger partial charge is 0.459 e. The van der Waals surface area contributed by atoms with Gasteiger partial charge in [-0.3, -0.25) is 10.1 Å². The molecule has 1 atom stereocenters. The molecule has 0 fully saturated rings. The van der Waals surface area contributed by atoms with Crippen molar-refractivity contribution in [1.29, 1.82) is 0 Å². The Morgan fingerprint density at radius 1 is 1.57 bits per heavy atom. The van der Waals surface area contributed by atoms with Gasteiger partial charge < -0.3 is 10.5 Å². The summed E-state index contributed by atoms with van der Waals surface area (Å²) in [5.74, 6) is -2.19. The molecule has 1 rings (SSSR count). The van der Waals surface area contributed by atoms with E-state index in [0.29, 0.717) is 0 Å². The van der Waals surface area contributed by atoms with E-state index < -0.39 is 39.6 Å². The molecule has 0 aliphatic carbocycles. The van der Waals surface area contributed by atoms with Crippen molar-refractivity contribution in [2.45, 2.75) is 32.4 Å². The van der Waals surface area contributed by atoms with Gasteiger partial charge >= 0.3 is 11.7 Å². The van der Waals surface area contributed by atoms with E-state index in [1.165, 1.54) is 0 Å². The highest BCUT2D eigenvalue weighted by Crippen LogP contribution is 2.37. The molecule has 1 aromatic carbocycles. The van der Waals surface area contributed by atoms with Crippen LogP contribution < -0.4 is 5.73 Å². The highest BCUT2D eigenvalue weighted by atomic mass is 79.9. The predicted octanol–water partition coefficient (Wildman–Crippen LogP) is 3.49. The topological polar surface area (TPSA) is 95.5 Å². The Kier molecular flexibility index (Phi) is 5.30. The zero-order valence-electron chi connectivity index (χ0n) is 11.4. The van der Waals surface area contributed by atoms with Crippen LogP contribution >= 0.6 is 27.5 Å². The molecule has 0 saturated carbocycles. The smallest absolute Gasteiger partial charge is 0.328 e. The maximum absolute atomic E-state index is 14.2. The van der Waals surface area contributed by atoms with Crippen LogP contribution in [0.5, 0.6) is 0 Å². The first-order valence-electron chi connectivity index (χ1n) is 5.76. The molecule has 0 aliphatic rings. The number of hydrogen-bond donors (Lipinski definition) is 1. The van der Waals surface area contributed by atoms with Crippen molar-refractivity contribution >= 4 is 39.2 Å². The third-order valence-electron chi connectivity index (χ3n) is 2.34. The monoisotopic (exact) mass is 382 g/mol. The summed E-state index contributed by atoms with van der Waals surface area (Å²) in [6, 6.07) is -0.670. The molecule has 0 saturated heterocycles. The van der Waals surface area contributed by atoms with Crippen LogP contribution in [0.3, 0.4) is 0 Å². The zero-order valence-corrected chi connectivity index (χ0v) is 13.8. The van der Waals surface area contributed by atoms with Gasteiger partial charge in [-0.2, -0.15) is 4.39 Å². The van der Waals surface area contributed by atoms with Gasteiger partial charge in [0.05, 0.1) is 9.95 Å². The number of halogens is 3. The number of nitro benzene ring substituents is 1. The second-order valence-corrected chi connectivity index (χ2v) is 6.42. The summed E-state index contributed by atoms with van der Waals surface area (Å²) in [5.41, 5.74) is 3.49.